The van der Waals surface area contributed by atoms with E-state index in [2.05, 4.69) is 25.1 Å². The summed E-state index contributed by atoms with van der Waals surface area (Å²) in [6, 6.07) is 5.95. The second kappa shape index (κ2) is 11.8. The number of benzene rings is 1. The second-order valence-electron chi connectivity index (χ2n) is 15.2. The quantitative estimate of drug-likeness (QED) is 0.172. The lowest BCUT2D eigenvalue weighted by Crippen LogP contribution is -2.67. The fraction of sp³-hybridized carbons (Fsp3) is 0.528. The van der Waals surface area contributed by atoms with Gasteiger partial charge in [0, 0.05) is 46.9 Å². The van der Waals surface area contributed by atoms with Crippen LogP contribution in [-0.2, 0) is 28.0 Å². The molecule has 3 aromatic heterocycles. The Labute approximate surface area is 283 Å². The van der Waals surface area contributed by atoms with Gasteiger partial charge in [0.25, 0.3) is 0 Å². The van der Waals surface area contributed by atoms with Crippen LogP contribution < -0.4 is 4.74 Å². The highest BCUT2D eigenvalue weighted by Crippen LogP contribution is 2.74. The van der Waals surface area contributed by atoms with Crippen LogP contribution in [0.15, 0.2) is 29.6 Å². The number of hydrogen-bond acceptors (Lipinski definition) is 8. The van der Waals surface area contributed by atoms with Crippen molar-refractivity contribution >= 4 is 27.5 Å². The van der Waals surface area contributed by atoms with E-state index in [-0.39, 0.29) is 42.1 Å². The smallest absolute Gasteiger partial charge is 0.410 e. The number of nitrogens with zero attached hydrogens (tertiary/aromatic N) is 5. The second-order valence-corrected chi connectivity index (χ2v) is 16.1. The highest BCUT2D eigenvalue weighted by molar-refractivity contribution is 7.17. The zero-order valence-electron chi connectivity index (χ0n) is 28.7. The van der Waals surface area contributed by atoms with Crippen LogP contribution in [0, 0.1) is 17.0 Å². The number of thiophene rings is 1. The van der Waals surface area contributed by atoms with E-state index in [1.54, 1.807) is 12.0 Å². The third-order valence-electron chi connectivity index (χ3n) is 9.75. The molecule has 4 aliphatic rings. The lowest BCUT2D eigenvalue weighted by molar-refractivity contribution is -0.152. The summed E-state index contributed by atoms with van der Waals surface area (Å²) in [5.41, 5.74) is 3.21. The van der Waals surface area contributed by atoms with Gasteiger partial charge in [0.2, 0.25) is 0 Å². The van der Waals surface area contributed by atoms with Crippen molar-refractivity contribution in [2.45, 2.75) is 77.1 Å². The molecule has 3 saturated carbocycles. The third kappa shape index (κ3) is 5.65. The molecule has 1 aromatic carbocycles. The molecule has 2 bridgehead atoms. The number of hydrogen-bond donors (Lipinski definition) is 0. The standard InChI is InChI=1S/C36H43F2N5O4S/c1-21-15-43-23(16-42(21)33(44)47-34(2,3)4)14-26(40-43)30-29(28-25(38)12-22(37)13-27(28)46-10-9-45-7)31-24(8-11-48-31)32(39-30)36-17-35(18-36,19-36)20-41(5)6/h8,11-14,21H,9-10,15-20H2,1-7H3/t21-,35?,36?/m1/s1. The Kier molecular flexibility index (Phi) is 8.07. The van der Waals surface area contributed by atoms with Crippen LogP contribution in [-0.4, -0.2) is 83.3 Å². The summed E-state index contributed by atoms with van der Waals surface area (Å²) in [6.07, 6.45) is 2.76. The molecule has 3 fully saturated rings. The number of halogens is 2. The predicted octanol–water partition coefficient (Wildman–Crippen LogP) is 7.25. The zero-order valence-corrected chi connectivity index (χ0v) is 29.5. The maximum absolute atomic E-state index is 16.1. The summed E-state index contributed by atoms with van der Waals surface area (Å²) in [6.45, 7) is 9.71. The van der Waals surface area contributed by atoms with Crippen molar-refractivity contribution in [1.29, 1.82) is 0 Å². The van der Waals surface area contributed by atoms with Crippen LogP contribution >= 0.6 is 11.3 Å². The van der Waals surface area contributed by atoms with Gasteiger partial charge in [0.05, 0.1) is 42.7 Å². The van der Waals surface area contributed by atoms with Gasteiger partial charge in [-0.3, -0.25) is 9.58 Å². The van der Waals surface area contributed by atoms with E-state index in [0.29, 0.717) is 35.5 Å². The average Bonchev–Trinajstić information content (AvgIpc) is 3.60. The molecule has 1 atom stereocenters. The number of amides is 1. The van der Waals surface area contributed by atoms with Crippen molar-refractivity contribution in [3.05, 3.63) is 52.7 Å². The molecule has 48 heavy (non-hydrogen) atoms. The topological polar surface area (TPSA) is 82.0 Å². The fourth-order valence-corrected chi connectivity index (χ4v) is 9.12. The SMILES string of the molecule is COCCOc1cc(F)cc(F)c1-c1c(-c2cc3n(n2)C[C@@H](C)N(C(=O)OC(C)(C)C)C3)nc(C23CC(CN(C)C)(C2)C3)c2ccsc12. The zero-order chi connectivity index (χ0) is 34.2. The Morgan fingerprint density at radius 1 is 1.12 bits per heavy atom. The van der Waals surface area contributed by atoms with E-state index >= 15 is 4.39 Å². The van der Waals surface area contributed by atoms with Crippen molar-refractivity contribution < 1.29 is 27.8 Å². The lowest BCUT2D eigenvalue weighted by Gasteiger charge is -2.71. The van der Waals surface area contributed by atoms with Gasteiger partial charge >= 0.3 is 6.09 Å². The van der Waals surface area contributed by atoms with Gasteiger partial charge in [-0.15, -0.1) is 11.3 Å². The summed E-state index contributed by atoms with van der Waals surface area (Å²) >= 11 is 1.51. The Morgan fingerprint density at radius 2 is 1.88 bits per heavy atom. The van der Waals surface area contributed by atoms with Crippen molar-refractivity contribution in [2.24, 2.45) is 5.41 Å². The van der Waals surface area contributed by atoms with Gasteiger partial charge < -0.3 is 19.1 Å². The number of ether oxygens (including phenoxy) is 3. The van der Waals surface area contributed by atoms with Crippen LogP contribution in [0.25, 0.3) is 32.6 Å². The van der Waals surface area contributed by atoms with Crippen molar-refractivity contribution in [3.63, 3.8) is 0 Å². The Hall–Kier alpha value is -3.61. The molecule has 0 radical (unpaired) electrons. The highest BCUT2D eigenvalue weighted by Gasteiger charge is 2.69. The molecule has 4 heterocycles. The number of pyridine rings is 1. The van der Waals surface area contributed by atoms with E-state index in [4.69, 9.17) is 24.3 Å². The maximum atomic E-state index is 16.1. The van der Waals surface area contributed by atoms with Gasteiger partial charge in [0.1, 0.15) is 41.0 Å². The molecule has 0 spiro atoms. The molecule has 3 aliphatic carbocycles. The van der Waals surface area contributed by atoms with E-state index in [1.807, 2.05) is 43.8 Å². The van der Waals surface area contributed by atoms with Crippen molar-refractivity contribution in [2.75, 3.05) is 41.0 Å². The first-order valence-corrected chi connectivity index (χ1v) is 17.3. The normalized spacial score (nSPS) is 23.2. The van der Waals surface area contributed by atoms with Crippen LogP contribution in [0.2, 0.25) is 0 Å². The number of methoxy groups -OCH3 is 1. The predicted molar refractivity (Wildman–Crippen MR) is 181 cm³/mol. The lowest BCUT2D eigenvalue weighted by atomic mass is 9.34. The van der Waals surface area contributed by atoms with Crippen LogP contribution in [0.1, 0.15) is 58.3 Å². The van der Waals surface area contributed by atoms with Crippen LogP contribution in [0.5, 0.6) is 5.75 Å². The number of rotatable bonds is 9. The summed E-state index contributed by atoms with van der Waals surface area (Å²) in [5.74, 6) is -1.39. The summed E-state index contributed by atoms with van der Waals surface area (Å²) in [7, 11) is 5.78. The van der Waals surface area contributed by atoms with Crippen LogP contribution in [0.3, 0.4) is 0 Å². The van der Waals surface area contributed by atoms with Crippen molar-refractivity contribution in [1.82, 2.24) is 24.6 Å². The fourth-order valence-electron chi connectivity index (χ4n) is 8.18. The Bertz CT molecular complexity index is 1880. The summed E-state index contributed by atoms with van der Waals surface area (Å²) < 4.78 is 50.4. The average molecular weight is 680 g/mol. The van der Waals surface area contributed by atoms with E-state index in [9.17, 15) is 9.18 Å². The van der Waals surface area contributed by atoms with E-state index in [0.717, 1.165) is 53.3 Å². The maximum Gasteiger partial charge on any atom is 0.410 e. The molecule has 0 N–H and O–H groups in total. The molecule has 4 aromatic rings. The van der Waals surface area contributed by atoms with Gasteiger partial charge in [-0.05, 0) is 84.0 Å². The minimum Gasteiger partial charge on any atom is -0.490 e. The first-order chi connectivity index (χ1) is 22.7. The number of fused-ring (bicyclic) bond motifs is 2. The molecule has 12 heteroatoms. The molecule has 8 rings (SSSR count). The molecule has 256 valence electrons. The molecule has 1 amide bonds. The molecule has 1 aliphatic heterocycles. The monoisotopic (exact) mass is 679 g/mol. The molecule has 0 saturated heterocycles. The number of aromatic nitrogens is 3. The number of carbonyl (C=O) groups excluding carboxylic acids is 1. The van der Waals surface area contributed by atoms with Gasteiger partial charge in [-0.2, -0.15) is 5.10 Å². The Morgan fingerprint density at radius 3 is 2.56 bits per heavy atom. The van der Waals surface area contributed by atoms with Gasteiger partial charge in [0.15, 0.2) is 0 Å². The number of carbonyl (C=O) groups is 1. The molecular formula is C36H43F2N5O4S. The first kappa shape index (κ1) is 32.9. The van der Waals surface area contributed by atoms with E-state index < -0.39 is 17.2 Å². The van der Waals surface area contributed by atoms with Gasteiger partial charge in [-0.25, -0.2) is 18.6 Å². The molecule has 0 unspecified atom stereocenters. The third-order valence-corrected chi connectivity index (χ3v) is 10.7. The van der Waals surface area contributed by atoms with Gasteiger partial charge in [-0.1, -0.05) is 0 Å². The summed E-state index contributed by atoms with van der Waals surface area (Å²) in [5, 5.41) is 8.01. The van der Waals surface area contributed by atoms with Crippen molar-refractivity contribution in [3.8, 4) is 28.3 Å². The first-order valence-electron chi connectivity index (χ1n) is 16.5. The molecule has 9 nitrogen and oxygen atoms in total. The minimum absolute atomic E-state index is 0.0525. The minimum atomic E-state index is -0.739. The largest absolute Gasteiger partial charge is 0.490 e. The Balaban J connectivity index is 1.38. The molecular weight excluding hydrogens is 636 g/mol. The van der Waals surface area contributed by atoms with Crippen LogP contribution in [0.4, 0.5) is 13.6 Å². The van der Waals surface area contributed by atoms with E-state index in [1.165, 1.54) is 17.4 Å². The summed E-state index contributed by atoms with van der Waals surface area (Å²) in [4.78, 5) is 22.5. The highest BCUT2D eigenvalue weighted by atomic mass is 32.1.